The number of carbonyl (C=O) groups excluding carboxylic acids is 2. The fraction of sp³-hybridized carbons (Fsp3) is 0.167. The lowest BCUT2D eigenvalue weighted by molar-refractivity contribution is -0.384. The lowest BCUT2D eigenvalue weighted by Gasteiger charge is -2.13. The second-order valence-corrected chi connectivity index (χ2v) is 8.29. The molecule has 2 heterocycles. The molecule has 0 N–H and O–H groups in total. The van der Waals surface area contributed by atoms with Crippen LogP contribution in [0.3, 0.4) is 0 Å². The number of benzene rings is 2. The number of aryl methyl sites for hydroxylation is 1. The Morgan fingerprint density at radius 3 is 2.41 bits per heavy atom. The van der Waals surface area contributed by atoms with Crippen molar-refractivity contribution in [1.29, 1.82) is 0 Å². The molecule has 3 aromatic rings. The highest BCUT2D eigenvalue weighted by molar-refractivity contribution is 8.19. The van der Waals surface area contributed by atoms with Gasteiger partial charge in [0, 0.05) is 23.8 Å². The highest BCUT2D eigenvalue weighted by atomic mass is 32.2. The summed E-state index contributed by atoms with van der Waals surface area (Å²) in [5.41, 5.74) is 2.38. The number of furan rings is 1. The summed E-state index contributed by atoms with van der Waals surface area (Å²) in [6.07, 6.45) is 4.70. The number of amides is 2. The van der Waals surface area contributed by atoms with E-state index in [0.29, 0.717) is 22.8 Å². The van der Waals surface area contributed by atoms with Gasteiger partial charge in [-0.1, -0.05) is 25.5 Å². The summed E-state index contributed by atoms with van der Waals surface area (Å²) in [4.78, 5) is 37.1. The van der Waals surface area contributed by atoms with Crippen LogP contribution in [-0.4, -0.2) is 16.1 Å². The van der Waals surface area contributed by atoms with Gasteiger partial charge in [0.1, 0.15) is 11.5 Å². The lowest BCUT2D eigenvalue weighted by Crippen LogP contribution is -2.27. The molecule has 0 atom stereocenters. The number of nitrogens with zero attached hydrogens (tertiary/aromatic N) is 2. The molecule has 1 aliphatic heterocycles. The first kappa shape index (κ1) is 21.6. The highest BCUT2D eigenvalue weighted by Crippen LogP contribution is 2.36. The summed E-state index contributed by atoms with van der Waals surface area (Å²) in [5, 5.41) is 10.4. The summed E-state index contributed by atoms with van der Waals surface area (Å²) in [7, 11) is 0. The fourth-order valence-corrected chi connectivity index (χ4v) is 4.17. The minimum atomic E-state index is -0.466. The van der Waals surface area contributed by atoms with Crippen molar-refractivity contribution >= 4 is 40.4 Å². The van der Waals surface area contributed by atoms with Gasteiger partial charge in [-0.05, 0) is 66.6 Å². The van der Waals surface area contributed by atoms with Crippen molar-refractivity contribution in [3.63, 3.8) is 0 Å². The number of imide groups is 1. The molecular formula is C24H20N2O5S. The molecule has 1 saturated heterocycles. The van der Waals surface area contributed by atoms with Gasteiger partial charge in [0.25, 0.3) is 16.8 Å². The monoisotopic (exact) mass is 448 g/mol. The molecule has 32 heavy (non-hydrogen) atoms. The number of carbonyl (C=O) groups is 2. The van der Waals surface area contributed by atoms with Crippen LogP contribution in [0.15, 0.2) is 70.0 Å². The number of unbranched alkanes of at least 4 members (excludes halogenated alkanes) is 1. The zero-order valence-corrected chi connectivity index (χ0v) is 18.1. The Kier molecular flexibility index (Phi) is 6.23. The van der Waals surface area contributed by atoms with Gasteiger partial charge in [0.15, 0.2) is 0 Å². The van der Waals surface area contributed by atoms with Crippen LogP contribution in [0.1, 0.15) is 31.1 Å². The Morgan fingerprint density at radius 2 is 1.75 bits per heavy atom. The molecule has 0 unspecified atom stereocenters. The van der Waals surface area contributed by atoms with Crippen LogP contribution in [0.25, 0.3) is 17.4 Å². The van der Waals surface area contributed by atoms with E-state index in [2.05, 4.69) is 6.92 Å². The second kappa shape index (κ2) is 9.23. The van der Waals surface area contributed by atoms with Gasteiger partial charge in [-0.3, -0.25) is 19.7 Å². The second-order valence-electron chi connectivity index (χ2n) is 7.29. The Balaban J connectivity index is 1.51. The maximum atomic E-state index is 12.9. The Hall–Kier alpha value is -3.65. The first-order valence-electron chi connectivity index (χ1n) is 10.2. The van der Waals surface area contributed by atoms with E-state index in [9.17, 15) is 19.7 Å². The summed E-state index contributed by atoms with van der Waals surface area (Å²) in [5.74, 6) is 0.529. The maximum absolute atomic E-state index is 12.9. The van der Waals surface area contributed by atoms with Crippen molar-refractivity contribution in [1.82, 2.24) is 0 Å². The van der Waals surface area contributed by atoms with E-state index in [4.69, 9.17) is 4.42 Å². The third-order valence-electron chi connectivity index (χ3n) is 5.07. The van der Waals surface area contributed by atoms with Gasteiger partial charge < -0.3 is 4.42 Å². The Bertz CT molecular complexity index is 1200. The lowest BCUT2D eigenvalue weighted by atomic mass is 10.1. The van der Waals surface area contributed by atoms with Gasteiger partial charge in [0.05, 0.1) is 15.5 Å². The van der Waals surface area contributed by atoms with Crippen LogP contribution in [0.4, 0.5) is 16.2 Å². The van der Waals surface area contributed by atoms with Crippen molar-refractivity contribution < 1.29 is 18.9 Å². The zero-order chi connectivity index (χ0) is 22.7. The zero-order valence-electron chi connectivity index (χ0n) is 17.3. The molecule has 1 fully saturated rings. The van der Waals surface area contributed by atoms with E-state index in [0.717, 1.165) is 31.0 Å². The molecular weight excluding hydrogens is 428 g/mol. The van der Waals surface area contributed by atoms with E-state index in [1.807, 2.05) is 12.1 Å². The Labute approximate surface area is 188 Å². The molecule has 0 spiro atoms. The van der Waals surface area contributed by atoms with Crippen molar-refractivity contribution in [3.8, 4) is 11.3 Å². The van der Waals surface area contributed by atoms with Crippen LogP contribution >= 0.6 is 11.8 Å². The van der Waals surface area contributed by atoms with Crippen LogP contribution in [-0.2, 0) is 11.2 Å². The minimum absolute atomic E-state index is 0.00685. The average Bonchev–Trinajstić information content (AvgIpc) is 3.37. The SMILES string of the molecule is CCCCc1ccc(N2C(=O)S/C(=C/c3ccc(-c4ccc([N+](=O)[O-])cc4)o3)C2=O)cc1. The van der Waals surface area contributed by atoms with Gasteiger partial charge in [-0.25, -0.2) is 4.90 Å². The number of rotatable bonds is 7. The minimum Gasteiger partial charge on any atom is -0.457 e. The van der Waals surface area contributed by atoms with Crippen LogP contribution in [0, 0.1) is 10.1 Å². The molecule has 0 saturated carbocycles. The third kappa shape index (κ3) is 4.50. The molecule has 8 heteroatoms. The fourth-order valence-electron chi connectivity index (χ4n) is 3.35. The topological polar surface area (TPSA) is 93.7 Å². The molecule has 0 radical (unpaired) electrons. The maximum Gasteiger partial charge on any atom is 0.298 e. The highest BCUT2D eigenvalue weighted by Gasteiger charge is 2.36. The number of nitro groups is 1. The summed E-state index contributed by atoms with van der Waals surface area (Å²) < 4.78 is 5.77. The summed E-state index contributed by atoms with van der Waals surface area (Å²) >= 11 is 0.863. The third-order valence-corrected chi connectivity index (χ3v) is 5.94. The van der Waals surface area contributed by atoms with Gasteiger partial charge >= 0.3 is 0 Å². The number of non-ortho nitro benzene ring substituents is 1. The van der Waals surface area contributed by atoms with Gasteiger partial charge in [0.2, 0.25) is 0 Å². The summed E-state index contributed by atoms with van der Waals surface area (Å²) in [6, 6.07) is 16.9. The standard InChI is InChI=1S/C24H20N2O5S/c1-2-3-4-16-5-9-18(10-6-16)25-23(27)22(32-24(25)28)15-20-13-14-21(31-20)17-7-11-19(12-8-17)26(29)30/h5-15H,2-4H2,1H3/b22-15+. The molecule has 2 aromatic carbocycles. The van der Waals surface area contributed by atoms with Gasteiger partial charge in [-0.15, -0.1) is 0 Å². The van der Waals surface area contributed by atoms with Gasteiger partial charge in [-0.2, -0.15) is 0 Å². The molecule has 2 amide bonds. The predicted octanol–water partition coefficient (Wildman–Crippen LogP) is 6.44. The van der Waals surface area contributed by atoms with Crippen molar-refractivity contribution in [2.24, 2.45) is 0 Å². The number of hydrogen-bond acceptors (Lipinski definition) is 6. The van der Waals surface area contributed by atoms with E-state index >= 15 is 0 Å². The van der Waals surface area contributed by atoms with E-state index in [1.165, 1.54) is 28.7 Å². The van der Waals surface area contributed by atoms with Crippen LogP contribution in [0.2, 0.25) is 0 Å². The van der Waals surface area contributed by atoms with Crippen LogP contribution in [0.5, 0.6) is 0 Å². The van der Waals surface area contributed by atoms with Crippen molar-refractivity contribution in [2.45, 2.75) is 26.2 Å². The van der Waals surface area contributed by atoms with E-state index < -0.39 is 10.8 Å². The normalized spacial score (nSPS) is 15.0. The van der Waals surface area contributed by atoms with E-state index in [1.54, 1.807) is 36.4 Å². The van der Waals surface area contributed by atoms with Crippen molar-refractivity contribution in [3.05, 3.63) is 87.0 Å². The largest absolute Gasteiger partial charge is 0.457 e. The van der Waals surface area contributed by atoms with Crippen molar-refractivity contribution in [2.75, 3.05) is 4.90 Å². The molecule has 0 bridgehead atoms. The Morgan fingerprint density at radius 1 is 1.03 bits per heavy atom. The first-order chi connectivity index (χ1) is 15.5. The average molecular weight is 449 g/mol. The molecule has 162 valence electrons. The molecule has 7 nitrogen and oxygen atoms in total. The predicted molar refractivity (Wildman–Crippen MR) is 124 cm³/mol. The first-order valence-corrected chi connectivity index (χ1v) is 11.0. The number of hydrogen-bond donors (Lipinski definition) is 0. The van der Waals surface area contributed by atoms with Crippen LogP contribution < -0.4 is 4.90 Å². The summed E-state index contributed by atoms with van der Waals surface area (Å²) in [6.45, 7) is 2.13. The number of thioether (sulfide) groups is 1. The quantitative estimate of drug-likeness (QED) is 0.235. The molecule has 0 aliphatic carbocycles. The molecule has 1 aromatic heterocycles. The molecule has 4 rings (SSSR count). The number of anilines is 1. The van der Waals surface area contributed by atoms with E-state index in [-0.39, 0.29) is 15.8 Å². The number of nitro benzene ring substituents is 1. The molecule has 1 aliphatic rings. The smallest absolute Gasteiger partial charge is 0.298 e.